The molecule has 3 aromatic rings. The Labute approximate surface area is 211 Å². The monoisotopic (exact) mass is 490 g/mol. The summed E-state index contributed by atoms with van der Waals surface area (Å²) in [4.78, 5) is 34.1. The number of halogens is 1. The van der Waals surface area contributed by atoms with Gasteiger partial charge in [0.25, 0.3) is 11.8 Å². The molecule has 5 rings (SSSR count). The minimum Gasteiger partial charge on any atom is -0.344 e. The van der Waals surface area contributed by atoms with E-state index in [4.69, 9.17) is 16.6 Å². The molecule has 7 heteroatoms. The van der Waals surface area contributed by atoms with Crippen LogP contribution in [0.25, 0.3) is 0 Å². The third-order valence-corrected chi connectivity index (χ3v) is 7.26. The Bertz CT molecular complexity index is 1250. The number of aromatic nitrogens is 2. The summed E-state index contributed by atoms with van der Waals surface area (Å²) in [7, 11) is 0. The van der Waals surface area contributed by atoms with Crippen molar-refractivity contribution in [1.82, 2.24) is 14.9 Å². The number of benzene rings is 2. The van der Waals surface area contributed by atoms with Crippen molar-refractivity contribution in [2.45, 2.75) is 64.5 Å². The number of fused-ring (bicyclic) bond motifs is 2. The Kier molecular flexibility index (Phi) is 6.91. The zero-order chi connectivity index (χ0) is 24.4. The van der Waals surface area contributed by atoms with Crippen LogP contribution in [0.4, 0.5) is 5.82 Å². The standard InChI is InChI=1S/C28H31ClN4O2/c1-2-3-16-33(28(35)20-10-8-11-21(29)18-20)26-25(32-17-7-6-13-24(32)31-26)27(34)30-23-15-14-19-9-4-5-12-22(19)23/h4-5,8-12,18,23H,2-3,6-7,13-17H2,1H3,(H,30,34). The molecular weight excluding hydrogens is 460 g/mol. The maximum absolute atomic E-state index is 13.8. The lowest BCUT2D eigenvalue weighted by molar-refractivity contribution is 0.0926. The molecule has 1 unspecified atom stereocenters. The molecule has 2 aromatic carbocycles. The van der Waals surface area contributed by atoms with Crippen LogP contribution in [0.2, 0.25) is 5.02 Å². The largest absolute Gasteiger partial charge is 0.344 e. The van der Waals surface area contributed by atoms with Crippen molar-refractivity contribution in [2.24, 2.45) is 0 Å². The van der Waals surface area contributed by atoms with Gasteiger partial charge in [-0.05, 0) is 61.4 Å². The van der Waals surface area contributed by atoms with E-state index >= 15 is 0 Å². The van der Waals surface area contributed by atoms with Crippen molar-refractivity contribution < 1.29 is 9.59 Å². The highest BCUT2D eigenvalue weighted by Crippen LogP contribution is 2.33. The number of anilines is 1. The fraction of sp³-hybridized carbons (Fsp3) is 0.393. The maximum atomic E-state index is 13.8. The number of aryl methyl sites for hydroxylation is 2. The topological polar surface area (TPSA) is 67.2 Å². The van der Waals surface area contributed by atoms with Gasteiger partial charge in [0.2, 0.25) is 0 Å². The van der Waals surface area contributed by atoms with Gasteiger partial charge in [0.1, 0.15) is 5.82 Å². The van der Waals surface area contributed by atoms with Crippen LogP contribution in [-0.2, 0) is 19.4 Å². The van der Waals surface area contributed by atoms with Crippen molar-refractivity contribution in [3.63, 3.8) is 0 Å². The van der Waals surface area contributed by atoms with Gasteiger partial charge < -0.3 is 9.88 Å². The normalized spacial score (nSPS) is 16.5. The van der Waals surface area contributed by atoms with E-state index < -0.39 is 0 Å². The van der Waals surface area contributed by atoms with Gasteiger partial charge in [0, 0.05) is 30.1 Å². The number of imidazole rings is 1. The Morgan fingerprint density at radius 3 is 2.83 bits per heavy atom. The summed E-state index contributed by atoms with van der Waals surface area (Å²) in [5.74, 6) is 0.993. The molecule has 1 aromatic heterocycles. The third-order valence-electron chi connectivity index (χ3n) is 7.02. The van der Waals surface area contributed by atoms with Gasteiger partial charge in [0.05, 0.1) is 6.04 Å². The zero-order valence-corrected chi connectivity index (χ0v) is 20.9. The first kappa shape index (κ1) is 23.6. The molecule has 6 nitrogen and oxygen atoms in total. The van der Waals surface area contributed by atoms with E-state index in [0.717, 1.165) is 57.3 Å². The van der Waals surface area contributed by atoms with Crippen molar-refractivity contribution in [3.8, 4) is 0 Å². The highest BCUT2D eigenvalue weighted by molar-refractivity contribution is 6.31. The van der Waals surface area contributed by atoms with Crippen LogP contribution in [-0.4, -0.2) is 27.9 Å². The minimum absolute atomic E-state index is 0.0333. The predicted octanol–water partition coefficient (Wildman–Crippen LogP) is 5.74. The van der Waals surface area contributed by atoms with Crippen LogP contribution in [0.3, 0.4) is 0 Å². The number of carbonyl (C=O) groups excluding carboxylic acids is 2. The van der Waals surface area contributed by atoms with Crippen molar-refractivity contribution in [3.05, 3.63) is 81.8 Å². The minimum atomic E-state index is -0.184. The van der Waals surface area contributed by atoms with Gasteiger partial charge in [-0.1, -0.05) is 55.3 Å². The second-order valence-electron chi connectivity index (χ2n) is 9.39. The summed E-state index contributed by atoms with van der Waals surface area (Å²) >= 11 is 6.19. The summed E-state index contributed by atoms with van der Waals surface area (Å²) in [6.45, 7) is 3.32. The Balaban J connectivity index is 1.53. The molecule has 0 saturated carbocycles. The van der Waals surface area contributed by atoms with Crippen LogP contribution in [0.1, 0.15) is 82.9 Å². The summed E-state index contributed by atoms with van der Waals surface area (Å²) in [5, 5.41) is 3.78. The van der Waals surface area contributed by atoms with Gasteiger partial charge in [0.15, 0.2) is 11.5 Å². The average Bonchev–Trinajstić information content (AvgIpc) is 3.46. The fourth-order valence-electron chi connectivity index (χ4n) is 5.21. The second-order valence-corrected chi connectivity index (χ2v) is 9.83. The Hall–Kier alpha value is -3.12. The van der Waals surface area contributed by atoms with E-state index in [1.807, 2.05) is 16.7 Å². The number of unbranched alkanes of at least 4 members (excludes halogenated alkanes) is 1. The van der Waals surface area contributed by atoms with Crippen LogP contribution >= 0.6 is 11.6 Å². The van der Waals surface area contributed by atoms with Crippen molar-refractivity contribution >= 4 is 29.2 Å². The number of hydrogen-bond donors (Lipinski definition) is 1. The lowest BCUT2D eigenvalue weighted by Crippen LogP contribution is -2.36. The predicted molar refractivity (Wildman–Crippen MR) is 138 cm³/mol. The van der Waals surface area contributed by atoms with Gasteiger partial charge in [-0.15, -0.1) is 0 Å². The summed E-state index contributed by atoms with van der Waals surface area (Å²) in [6.07, 6.45) is 6.40. The first-order valence-electron chi connectivity index (χ1n) is 12.6. The SMILES string of the molecule is CCCCN(C(=O)c1cccc(Cl)c1)c1nc2n(c1C(=O)NC1CCc3ccccc31)CCCC2. The molecule has 0 fully saturated rings. The van der Waals surface area contributed by atoms with E-state index in [1.165, 1.54) is 11.1 Å². The van der Waals surface area contributed by atoms with E-state index in [2.05, 4.69) is 24.4 Å². The van der Waals surface area contributed by atoms with E-state index in [0.29, 0.717) is 28.6 Å². The van der Waals surface area contributed by atoms with E-state index in [9.17, 15) is 9.59 Å². The number of rotatable bonds is 7. The van der Waals surface area contributed by atoms with Crippen LogP contribution < -0.4 is 10.2 Å². The zero-order valence-electron chi connectivity index (χ0n) is 20.1. The molecule has 1 aliphatic heterocycles. The fourth-order valence-corrected chi connectivity index (χ4v) is 5.40. The summed E-state index contributed by atoms with van der Waals surface area (Å²) < 4.78 is 2.03. The molecule has 2 aliphatic rings. The first-order valence-corrected chi connectivity index (χ1v) is 13.0. The van der Waals surface area contributed by atoms with Gasteiger partial charge in [-0.25, -0.2) is 4.98 Å². The van der Waals surface area contributed by atoms with Gasteiger partial charge in [-0.2, -0.15) is 0 Å². The smallest absolute Gasteiger partial charge is 0.272 e. The maximum Gasteiger partial charge on any atom is 0.272 e. The molecule has 2 amide bonds. The van der Waals surface area contributed by atoms with Gasteiger partial charge >= 0.3 is 0 Å². The highest BCUT2D eigenvalue weighted by atomic mass is 35.5. The average molecular weight is 491 g/mol. The molecule has 182 valence electrons. The third kappa shape index (κ3) is 4.72. The molecule has 0 radical (unpaired) electrons. The molecule has 35 heavy (non-hydrogen) atoms. The molecule has 2 heterocycles. The van der Waals surface area contributed by atoms with Crippen LogP contribution in [0.5, 0.6) is 0 Å². The number of hydrogen-bond acceptors (Lipinski definition) is 3. The number of nitrogens with one attached hydrogen (secondary N) is 1. The van der Waals surface area contributed by atoms with E-state index in [1.54, 1.807) is 29.2 Å². The highest BCUT2D eigenvalue weighted by Gasteiger charge is 2.33. The first-order chi connectivity index (χ1) is 17.1. The summed E-state index contributed by atoms with van der Waals surface area (Å²) in [6, 6.07) is 15.2. The molecule has 0 bridgehead atoms. The van der Waals surface area contributed by atoms with Crippen molar-refractivity contribution in [2.75, 3.05) is 11.4 Å². The molecule has 0 spiro atoms. The molecular formula is C28H31ClN4O2. The molecule has 1 aliphatic carbocycles. The quantitative estimate of drug-likeness (QED) is 0.459. The molecule has 1 atom stereocenters. The number of carbonyl (C=O) groups is 2. The summed E-state index contributed by atoms with van der Waals surface area (Å²) in [5.41, 5.74) is 3.46. The molecule has 1 N–H and O–H groups in total. The lowest BCUT2D eigenvalue weighted by Gasteiger charge is -2.23. The van der Waals surface area contributed by atoms with Crippen LogP contribution in [0.15, 0.2) is 48.5 Å². The lowest BCUT2D eigenvalue weighted by atomic mass is 10.1. The van der Waals surface area contributed by atoms with Crippen molar-refractivity contribution in [1.29, 1.82) is 0 Å². The van der Waals surface area contributed by atoms with Gasteiger partial charge in [-0.3, -0.25) is 14.5 Å². The van der Waals surface area contributed by atoms with E-state index in [-0.39, 0.29) is 17.9 Å². The number of amides is 2. The van der Waals surface area contributed by atoms with Crippen LogP contribution in [0, 0.1) is 0 Å². The Morgan fingerprint density at radius 2 is 2.00 bits per heavy atom. The number of nitrogens with zero attached hydrogens (tertiary/aromatic N) is 3. The molecule has 0 saturated heterocycles. The Morgan fingerprint density at radius 1 is 1.14 bits per heavy atom. The second kappa shape index (κ2) is 10.2.